The zero-order chi connectivity index (χ0) is 16.1. The van der Waals surface area contributed by atoms with E-state index in [1.807, 2.05) is 30.5 Å². The van der Waals surface area contributed by atoms with E-state index in [2.05, 4.69) is 10.3 Å². The zero-order valence-electron chi connectivity index (χ0n) is 12.5. The Hall–Kier alpha value is -2.82. The van der Waals surface area contributed by atoms with Crippen molar-refractivity contribution in [1.82, 2.24) is 10.3 Å². The number of nitrogens with one attached hydrogen (secondary N) is 2. The summed E-state index contributed by atoms with van der Waals surface area (Å²) in [4.78, 5) is 15.1. The summed E-state index contributed by atoms with van der Waals surface area (Å²) in [5.41, 5.74) is 1.96. The SMILES string of the molecule is O=C(Cc1c[nH]c2ccccc12)NCCOc1ccccc1F. The van der Waals surface area contributed by atoms with Gasteiger partial charge in [-0.05, 0) is 23.8 Å². The summed E-state index contributed by atoms with van der Waals surface area (Å²) in [6.45, 7) is 0.552. The fourth-order valence-electron chi connectivity index (χ4n) is 2.43. The summed E-state index contributed by atoms with van der Waals surface area (Å²) >= 11 is 0. The average molecular weight is 312 g/mol. The number of H-pyrrole nitrogens is 1. The van der Waals surface area contributed by atoms with Gasteiger partial charge in [-0.3, -0.25) is 4.79 Å². The van der Waals surface area contributed by atoms with E-state index in [0.29, 0.717) is 13.0 Å². The van der Waals surface area contributed by atoms with Gasteiger partial charge in [-0.1, -0.05) is 30.3 Å². The highest BCUT2D eigenvalue weighted by Gasteiger charge is 2.08. The Morgan fingerprint density at radius 2 is 1.91 bits per heavy atom. The van der Waals surface area contributed by atoms with Crippen LogP contribution in [0.25, 0.3) is 10.9 Å². The van der Waals surface area contributed by atoms with Crippen molar-refractivity contribution in [1.29, 1.82) is 0 Å². The summed E-state index contributed by atoms with van der Waals surface area (Å²) in [5.74, 6) is -0.303. The summed E-state index contributed by atoms with van der Waals surface area (Å²) in [7, 11) is 0. The number of benzene rings is 2. The first-order valence-electron chi connectivity index (χ1n) is 7.43. The maximum Gasteiger partial charge on any atom is 0.224 e. The molecule has 0 atom stereocenters. The molecule has 0 aliphatic heterocycles. The molecule has 0 unspecified atom stereocenters. The van der Waals surface area contributed by atoms with Crippen LogP contribution in [-0.4, -0.2) is 24.0 Å². The van der Waals surface area contributed by atoms with E-state index in [1.165, 1.54) is 6.07 Å². The third kappa shape index (κ3) is 3.69. The second-order valence-electron chi connectivity index (χ2n) is 5.17. The van der Waals surface area contributed by atoms with E-state index in [-0.39, 0.29) is 18.3 Å². The number of fused-ring (bicyclic) bond motifs is 1. The fourth-order valence-corrected chi connectivity index (χ4v) is 2.43. The molecule has 0 radical (unpaired) electrons. The first kappa shape index (κ1) is 15.1. The summed E-state index contributed by atoms with van der Waals surface area (Å²) < 4.78 is 18.7. The minimum absolute atomic E-state index is 0.0908. The van der Waals surface area contributed by atoms with Crippen LogP contribution in [0.2, 0.25) is 0 Å². The minimum atomic E-state index is -0.405. The number of carbonyl (C=O) groups is 1. The fraction of sp³-hybridized carbons (Fsp3) is 0.167. The van der Waals surface area contributed by atoms with E-state index in [1.54, 1.807) is 18.2 Å². The lowest BCUT2D eigenvalue weighted by atomic mass is 10.1. The molecule has 2 aromatic carbocycles. The van der Waals surface area contributed by atoms with Gasteiger partial charge in [0.2, 0.25) is 5.91 Å². The number of amides is 1. The first-order valence-corrected chi connectivity index (χ1v) is 7.43. The molecule has 1 heterocycles. The monoisotopic (exact) mass is 312 g/mol. The minimum Gasteiger partial charge on any atom is -0.489 e. The largest absolute Gasteiger partial charge is 0.489 e. The summed E-state index contributed by atoms with van der Waals surface area (Å²) in [5, 5.41) is 3.82. The number of hydrogen-bond acceptors (Lipinski definition) is 2. The van der Waals surface area contributed by atoms with Crippen LogP contribution in [-0.2, 0) is 11.2 Å². The first-order chi connectivity index (χ1) is 11.2. The standard InChI is InChI=1S/C18H17FN2O2/c19-15-6-2-4-8-17(15)23-10-9-20-18(22)11-13-12-21-16-7-3-1-5-14(13)16/h1-8,12,21H,9-11H2,(H,20,22). The maximum atomic E-state index is 13.4. The van der Waals surface area contributed by atoms with Gasteiger partial charge in [0.25, 0.3) is 0 Å². The van der Waals surface area contributed by atoms with Gasteiger partial charge in [0.1, 0.15) is 6.61 Å². The van der Waals surface area contributed by atoms with Crippen LogP contribution in [0.3, 0.4) is 0 Å². The average Bonchev–Trinajstić information content (AvgIpc) is 2.96. The summed E-state index contributed by atoms with van der Waals surface area (Å²) in [6, 6.07) is 14.0. The number of aromatic nitrogens is 1. The van der Waals surface area contributed by atoms with Crippen molar-refractivity contribution >= 4 is 16.8 Å². The smallest absolute Gasteiger partial charge is 0.224 e. The Balaban J connectivity index is 1.48. The van der Waals surface area contributed by atoms with E-state index >= 15 is 0 Å². The quantitative estimate of drug-likeness (QED) is 0.687. The second kappa shape index (κ2) is 6.96. The van der Waals surface area contributed by atoms with Gasteiger partial charge < -0.3 is 15.0 Å². The Morgan fingerprint density at radius 1 is 1.13 bits per heavy atom. The molecule has 3 rings (SSSR count). The number of carbonyl (C=O) groups excluding carboxylic acids is 1. The van der Waals surface area contributed by atoms with E-state index in [4.69, 9.17) is 4.74 Å². The third-order valence-electron chi connectivity index (χ3n) is 3.54. The van der Waals surface area contributed by atoms with Crippen LogP contribution in [0, 0.1) is 5.82 Å². The lowest BCUT2D eigenvalue weighted by Gasteiger charge is -2.08. The van der Waals surface area contributed by atoms with Crippen LogP contribution in [0.1, 0.15) is 5.56 Å². The van der Waals surface area contributed by atoms with Crippen LogP contribution < -0.4 is 10.1 Å². The summed E-state index contributed by atoms with van der Waals surface area (Å²) in [6.07, 6.45) is 2.14. The molecule has 5 heteroatoms. The lowest BCUT2D eigenvalue weighted by Crippen LogP contribution is -2.29. The Labute approximate surface area is 133 Å². The molecule has 0 aliphatic carbocycles. The topological polar surface area (TPSA) is 54.1 Å². The van der Waals surface area contributed by atoms with E-state index in [0.717, 1.165) is 16.5 Å². The van der Waals surface area contributed by atoms with Crippen LogP contribution in [0.4, 0.5) is 4.39 Å². The molecule has 0 saturated heterocycles. The molecule has 0 fully saturated rings. The molecule has 0 bridgehead atoms. The molecule has 0 spiro atoms. The molecule has 3 aromatic rings. The Bertz CT molecular complexity index is 813. The molecule has 0 aliphatic rings. The van der Waals surface area contributed by atoms with Gasteiger partial charge in [-0.25, -0.2) is 4.39 Å². The van der Waals surface area contributed by atoms with Crippen molar-refractivity contribution in [2.45, 2.75) is 6.42 Å². The highest BCUT2D eigenvalue weighted by molar-refractivity contribution is 5.88. The van der Waals surface area contributed by atoms with Crippen molar-refractivity contribution in [2.75, 3.05) is 13.2 Å². The van der Waals surface area contributed by atoms with Crippen molar-refractivity contribution < 1.29 is 13.9 Å². The molecule has 23 heavy (non-hydrogen) atoms. The molecular formula is C18H17FN2O2. The molecule has 4 nitrogen and oxygen atoms in total. The number of rotatable bonds is 6. The highest BCUT2D eigenvalue weighted by atomic mass is 19.1. The molecule has 118 valence electrons. The van der Waals surface area contributed by atoms with Gasteiger partial charge in [-0.2, -0.15) is 0 Å². The van der Waals surface area contributed by atoms with Crippen LogP contribution >= 0.6 is 0 Å². The predicted molar refractivity (Wildman–Crippen MR) is 86.9 cm³/mol. The predicted octanol–water partition coefficient (Wildman–Crippen LogP) is 3.04. The van der Waals surface area contributed by atoms with Gasteiger partial charge >= 0.3 is 0 Å². The number of hydrogen-bond donors (Lipinski definition) is 2. The molecule has 2 N–H and O–H groups in total. The van der Waals surface area contributed by atoms with Crippen LogP contribution in [0.15, 0.2) is 54.7 Å². The molecule has 0 saturated carbocycles. The van der Waals surface area contributed by atoms with E-state index < -0.39 is 5.82 Å². The number of ether oxygens (including phenoxy) is 1. The zero-order valence-corrected chi connectivity index (χ0v) is 12.5. The molecule has 1 amide bonds. The number of halogens is 1. The van der Waals surface area contributed by atoms with Crippen molar-refractivity contribution in [3.63, 3.8) is 0 Å². The highest BCUT2D eigenvalue weighted by Crippen LogP contribution is 2.18. The molecule has 1 aromatic heterocycles. The third-order valence-corrected chi connectivity index (χ3v) is 3.54. The van der Waals surface area contributed by atoms with Crippen molar-refractivity contribution in [2.24, 2.45) is 0 Å². The normalized spacial score (nSPS) is 10.7. The van der Waals surface area contributed by atoms with Gasteiger partial charge in [0.15, 0.2) is 11.6 Å². The van der Waals surface area contributed by atoms with Gasteiger partial charge in [-0.15, -0.1) is 0 Å². The van der Waals surface area contributed by atoms with Gasteiger partial charge in [0, 0.05) is 17.1 Å². The number of para-hydroxylation sites is 2. The lowest BCUT2D eigenvalue weighted by molar-refractivity contribution is -0.120. The maximum absolute atomic E-state index is 13.4. The van der Waals surface area contributed by atoms with Crippen LogP contribution in [0.5, 0.6) is 5.75 Å². The van der Waals surface area contributed by atoms with Gasteiger partial charge in [0.05, 0.1) is 13.0 Å². The Kier molecular flexibility index (Phi) is 4.57. The van der Waals surface area contributed by atoms with Crippen molar-refractivity contribution in [3.8, 4) is 5.75 Å². The van der Waals surface area contributed by atoms with E-state index in [9.17, 15) is 9.18 Å². The van der Waals surface area contributed by atoms with Crippen molar-refractivity contribution in [3.05, 3.63) is 66.1 Å². The Morgan fingerprint density at radius 3 is 2.78 bits per heavy atom. The second-order valence-corrected chi connectivity index (χ2v) is 5.17. The number of aromatic amines is 1. The molecular weight excluding hydrogens is 295 g/mol.